The number of fused-ring (bicyclic) bond motifs is 9. The second kappa shape index (κ2) is 14.4. The van der Waals surface area contributed by atoms with E-state index in [1.165, 1.54) is 84.5 Å². The Morgan fingerprint density at radius 3 is 1.56 bits per heavy atom. The molecule has 0 radical (unpaired) electrons. The molecule has 4 aromatic heterocycles. The van der Waals surface area contributed by atoms with Crippen molar-refractivity contribution in [1.29, 1.82) is 0 Å². The summed E-state index contributed by atoms with van der Waals surface area (Å²) in [6.45, 7) is 0. The minimum Gasteiger partial charge on any atom is -0.308 e. The first-order valence-corrected chi connectivity index (χ1v) is 22.7. The highest BCUT2D eigenvalue weighted by molar-refractivity contribution is 7.27. The molecule has 13 rings (SSSR count). The summed E-state index contributed by atoms with van der Waals surface area (Å²) in [6.07, 6.45) is 0. The summed E-state index contributed by atoms with van der Waals surface area (Å²) in [5, 5.41) is 7.60. The third-order valence-electron chi connectivity index (χ3n) is 12.3. The van der Waals surface area contributed by atoms with Crippen LogP contribution in [0.1, 0.15) is 0 Å². The topological polar surface area (TPSA) is 43.6 Å². The lowest BCUT2D eigenvalue weighted by Gasteiger charge is -2.12. The molecule has 9 aromatic carbocycles. The van der Waals surface area contributed by atoms with Gasteiger partial charge in [0.15, 0.2) is 17.5 Å². The smallest absolute Gasteiger partial charge is 0.164 e. The van der Waals surface area contributed by atoms with E-state index in [-0.39, 0.29) is 0 Å². The van der Waals surface area contributed by atoms with Gasteiger partial charge in [0.25, 0.3) is 0 Å². The first kappa shape index (κ1) is 35.9. The fourth-order valence-electron chi connectivity index (χ4n) is 9.37. The molecule has 294 valence electrons. The third kappa shape index (κ3) is 5.83. The highest BCUT2D eigenvalue weighted by atomic mass is 32.1. The van der Waals surface area contributed by atoms with Crippen molar-refractivity contribution in [2.75, 3.05) is 0 Å². The minimum atomic E-state index is 0.637. The Morgan fingerprint density at radius 1 is 0.317 bits per heavy atom. The highest BCUT2D eigenvalue weighted by Gasteiger charge is 2.22. The van der Waals surface area contributed by atoms with E-state index in [0.29, 0.717) is 17.5 Å². The molecule has 0 unspecified atom stereocenters. The second-order valence-electron chi connectivity index (χ2n) is 15.9. The summed E-state index contributed by atoms with van der Waals surface area (Å²) in [5.41, 5.74) is 11.1. The third-order valence-corrected chi connectivity index (χ3v) is 14.7. The van der Waals surface area contributed by atoms with Crippen molar-refractivity contribution in [3.8, 4) is 62.1 Å². The molecule has 0 saturated carbocycles. The number of hydrogen-bond acceptors (Lipinski definition) is 5. The largest absolute Gasteiger partial charge is 0.308 e. The van der Waals surface area contributed by atoms with Crippen LogP contribution in [0.5, 0.6) is 0 Å². The summed E-state index contributed by atoms with van der Waals surface area (Å²) in [5.74, 6) is 1.93. The molecule has 63 heavy (non-hydrogen) atoms. The summed E-state index contributed by atoms with van der Waals surface area (Å²) < 4.78 is 7.59. The van der Waals surface area contributed by atoms with Gasteiger partial charge in [0.1, 0.15) is 0 Å². The van der Waals surface area contributed by atoms with Gasteiger partial charge >= 0.3 is 0 Å². The highest BCUT2D eigenvalue weighted by Crippen LogP contribution is 2.49. The van der Waals surface area contributed by atoms with Crippen LogP contribution in [0, 0.1) is 0 Å². The normalized spacial score (nSPS) is 11.8. The maximum absolute atomic E-state index is 5.10. The van der Waals surface area contributed by atoms with Crippen LogP contribution < -0.4 is 0 Å². The summed E-state index contributed by atoms with van der Waals surface area (Å²) >= 11 is 3.76. The van der Waals surface area contributed by atoms with E-state index in [2.05, 4.69) is 174 Å². The Labute approximate surface area is 370 Å². The van der Waals surface area contributed by atoms with Crippen molar-refractivity contribution in [2.45, 2.75) is 0 Å². The average Bonchev–Trinajstić information content (AvgIpc) is 4.04. The van der Waals surface area contributed by atoms with Crippen molar-refractivity contribution in [1.82, 2.24) is 19.5 Å². The van der Waals surface area contributed by atoms with Crippen molar-refractivity contribution in [2.24, 2.45) is 0 Å². The Bertz CT molecular complexity index is 3810. The Morgan fingerprint density at radius 2 is 0.841 bits per heavy atom. The molecule has 6 heteroatoms. The van der Waals surface area contributed by atoms with Gasteiger partial charge in [0.2, 0.25) is 0 Å². The number of thiophene rings is 2. The molecular formula is C57H34N4S2. The molecule has 0 spiro atoms. The van der Waals surface area contributed by atoms with Gasteiger partial charge < -0.3 is 4.57 Å². The van der Waals surface area contributed by atoms with Gasteiger partial charge in [-0.2, -0.15) is 0 Å². The van der Waals surface area contributed by atoms with Crippen molar-refractivity contribution >= 4 is 84.8 Å². The molecule has 0 N–H and O–H groups in total. The lowest BCUT2D eigenvalue weighted by atomic mass is 9.93. The monoisotopic (exact) mass is 838 g/mol. The number of hydrogen-bond donors (Lipinski definition) is 0. The zero-order valence-electron chi connectivity index (χ0n) is 33.7. The zero-order chi connectivity index (χ0) is 41.4. The Balaban J connectivity index is 1.05. The predicted octanol–water partition coefficient (Wildman–Crippen LogP) is 16.0. The fourth-order valence-corrected chi connectivity index (χ4v) is 11.9. The molecule has 0 amide bonds. The molecule has 0 fully saturated rings. The van der Waals surface area contributed by atoms with Gasteiger partial charge in [-0.3, -0.25) is 0 Å². The minimum absolute atomic E-state index is 0.637. The Hall–Kier alpha value is -7.77. The number of rotatable bonds is 6. The first-order chi connectivity index (χ1) is 31.2. The van der Waals surface area contributed by atoms with Crippen LogP contribution in [-0.2, 0) is 0 Å². The zero-order valence-corrected chi connectivity index (χ0v) is 35.4. The van der Waals surface area contributed by atoms with Crippen molar-refractivity contribution < 1.29 is 0 Å². The van der Waals surface area contributed by atoms with E-state index < -0.39 is 0 Å². The predicted molar refractivity (Wildman–Crippen MR) is 267 cm³/mol. The molecule has 0 saturated heterocycles. The van der Waals surface area contributed by atoms with Crippen LogP contribution in [-0.4, -0.2) is 19.5 Å². The summed E-state index contributed by atoms with van der Waals surface area (Å²) in [4.78, 5) is 15.2. The summed E-state index contributed by atoms with van der Waals surface area (Å²) in [6, 6.07) is 73.8. The van der Waals surface area contributed by atoms with Crippen LogP contribution in [0.4, 0.5) is 0 Å². The standard InChI is InChI=1S/C57H34N4S2/c1-3-15-35(16-4-1)55-58-56(36-17-5-2-6-18-36)60-57(59-55)39-20-13-19-37(33-39)40-31-32-41(38-29-30-45-44-23-9-12-28-50(44)62-51(45)34-38)54-52(40)46-24-14-27-49(53(46)63-54)61-47-25-10-7-21-42(47)43-22-8-11-26-48(43)61/h1-34H. The molecule has 0 aliphatic carbocycles. The lowest BCUT2D eigenvalue weighted by molar-refractivity contribution is 1.07. The van der Waals surface area contributed by atoms with Crippen molar-refractivity contribution in [3.05, 3.63) is 206 Å². The van der Waals surface area contributed by atoms with Gasteiger partial charge in [-0.25, -0.2) is 15.0 Å². The van der Waals surface area contributed by atoms with Gasteiger partial charge in [-0.05, 0) is 58.7 Å². The summed E-state index contributed by atoms with van der Waals surface area (Å²) in [7, 11) is 0. The molecule has 0 bridgehead atoms. The van der Waals surface area contributed by atoms with E-state index in [9.17, 15) is 0 Å². The average molecular weight is 839 g/mol. The number of benzene rings is 9. The molecule has 0 aliphatic heterocycles. The van der Waals surface area contributed by atoms with E-state index in [1.54, 1.807) is 0 Å². The van der Waals surface area contributed by atoms with E-state index in [1.807, 2.05) is 59.1 Å². The molecular weight excluding hydrogens is 805 g/mol. The van der Waals surface area contributed by atoms with Crippen LogP contribution >= 0.6 is 22.7 Å². The molecule has 13 aromatic rings. The molecule has 4 nitrogen and oxygen atoms in total. The van der Waals surface area contributed by atoms with E-state index in [4.69, 9.17) is 15.0 Å². The molecule has 4 heterocycles. The second-order valence-corrected chi connectivity index (χ2v) is 18.0. The van der Waals surface area contributed by atoms with Crippen LogP contribution in [0.2, 0.25) is 0 Å². The van der Waals surface area contributed by atoms with Gasteiger partial charge in [0.05, 0.1) is 21.4 Å². The van der Waals surface area contributed by atoms with Crippen LogP contribution in [0.3, 0.4) is 0 Å². The van der Waals surface area contributed by atoms with Crippen LogP contribution in [0.15, 0.2) is 206 Å². The number of aromatic nitrogens is 4. The lowest BCUT2D eigenvalue weighted by Crippen LogP contribution is -2.00. The maximum Gasteiger partial charge on any atom is 0.164 e. The van der Waals surface area contributed by atoms with Gasteiger partial charge in [0, 0.05) is 63.1 Å². The van der Waals surface area contributed by atoms with Gasteiger partial charge in [-0.15, -0.1) is 22.7 Å². The van der Waals surface area contributed by atoms with E-state index in [0.717, 1.165) is 22.3 Å². The fraction of sp³-hybridized carbons (Fsp3) is 0. The Kier molecular flexibility index (Phi) is 8.22. The molecule has 0 aliphatic rings. The maximum atomic E-state index is 5.10. The van der Waals surface area contributed by atoms with Gasteiger partial charge in [-0.1, -0.05) is 170 Å². The van der Waals surface area contributed by atoms with Crippen molar-refractivity contribution in [3.63, 3.8) is 0 Å². The SMILES string of the molecule is c1ccc(-c2nc(-c3ccccc3)nc(-c3cccc(-c4ccc(-c5ccc6c(c5)sc5ccccc56)c5sc6c(-n7c8ccccc8c8ccccc87)cccc6c45)c3)n2)cc1. The molecule has 0 atom stereocenters. The first-order valence-electron chi connectivity index (χ1n) is 21.1. The van der Waals surface area contributed by atoms with E-state index >= 15 is 0 Å². The quantitative estimate of drug-likeness (QED) is 0.168. The number of nitrogens with zero attached hydrogens (tertiary/aromatic N) is 4. The number of para-hydroxylation sites is 2. The van der Waals surface area contributed by atoms with Crippen LogP contribution in [0.25, 0.3) is 124 Å².